The average Bonchev–Trinajstić information content (AvgIpc) is 3.40. The van der Waals surface area contributed by atoms with Gasteiger partial charge in [0.15, 0.2) is 5.96 Å². The van der Waals surface area contributed by atoms with Crippen molar-refractivity contribution in [1.29, 1.82) is 0 Å². The second kappa shape index (κ2) is 6.51. The molecule has 0 aromatic heterocycles. The van der Waals surface area contributed by atoms with Gasteiger partial charge in [0.05, 0.1) is 0 Å². The number of halogens is 4. The summed E-state index contributed by atoms with van der Waals surface area (Å²) >= 11 is 6.07. The Kier molecular flexibility index (Phi) is 4.38. The predicted molar refractivity (Wildman–Crippen MR) is 101 cm³/mol. The van der Waals surface area contributed by atoms with Gasteiger partial charge in [0.25, 0.3) is 5.91 Å². The van der Waals surface area contributed by atoms with Crippen LogP contribution >= 0.6 is 11.6 Å². The first-order valence-electron chi connectivity index (χ1n) is 8.77. The number of rotatable bonds is 4. The van der Waals surface area contributed by atoms with Gasteiger partial charge in [-0.05, 0) is 41.7 Å². The van der Waals surface area contributed by atoms with E-state index in [1.807, 2.05) is 42.5 Å². The van der Waals surface area contributed by atoms with Crippen molar-refractivity contribution in [3.8, 4) is 11.1 Å². The van der Waals surface area contributed by atoms with Crippen molar-refractivity contribution in [3.63, 3.8) is 0 Å². The van der Waals surface area contributed by atoms with Gasteiger partial charge in [0, 0.05) is 10.4 Å². The Morgan fingerprint density at radius 3 is 2.39 bits per heavy atom. The molecule has 1 amide bonds. The molecule has 1 fully saturated rings. The number of nitrogens with zero attached hydrogens (tertiary/aromatic N) is 2. The van der Waals surface area contributed by atoms with E-state index >= 15 is 0 Å². The summed E-state index contributed by atoms with van der Waals surface area (Å²) < 4.78 is 38.3. The Hall–Kier alpha value is -2.54. The van der Waals surface area contributed by atoms with Gasteiger partial charge in [-0.2, -0.15) is 13.2 Å². The fourth-order valence-electron chi connectivity index (χ4n) is 3.75. The van der Waals surface area contributed by atoms with E-state index in [2.05, 4.69) is 4.99 Å². The van der Waals surface area contributed by atoms with Crippen LogP contribution in [0.1, 0.15) is 18.4 Å². The maximum Gasteiger partial charge on any atom is 0.406 e. The van der Waals surface area contributed by atoms with E-state index in [9.17, 15) is 18.0 Å². The highest BCUT2D eigenvalue weighted by atomic mass is 35.5. The van der Waals surface area contributed by atoms with E-state index < -0.39 is 30.1 Å². The first kappa shape index (κ1) is 18.8. The molecule has 2 N–H and O–H groups in total. The van der Waals surface area contributed by atoms with Crippen LogP contribution in [0.3, 0.4) is 0 Å². The number of carbonyl (C=O) groups is 1. The zero-order valence-electron chi connectivity index (χ0n) is 14.7. The summed E-state index contributed by atoms with van der Waals surface area (Å²) in [4.78, 5) is 17.3. The van der Waals surface area contributed by atoms with Crippen LogP contribution in [0.25, 0.3) is 11.1 Å². The number of nitrogens with two attached hydrogens (primary N) is 1. The molecule has 2 aromatic rings. The van der Waals surface area contributed by atoms with Gasteiger partial charge in [-0.25, -0.2) is 4.99 Å². The molecule has 146 valence electrons. The van der Waals surface area contributed by atoms with Crippen LogP contribution in [0.2, 0.25) is 5.02 Å². The van der Waals surface area contributed by atoms with Gasteiger partial charge >= 0.3 is 6.18 Å². The minimum absolute atomic E-state index is 0.371. The Labute approximate surface area is 164 Å². The Morgan fingerprint density at radius 2 is 1.79 bits per heavy atom. The number of hydrogen-bond donors (Lipinski definition) is 1. The van der Waals surface area contributed by atoms with Crippen molar-refractivity contribution in [2.45, 2.75) is 30.5 Å². The average molecular weight is 408 g/mol. The molecule has 1 heterocycles. The smallest absolute Gasteiger partial charge is 0.369 e. The Balaban J connectivity index is 1.65. The third kappa shape index (κ3) is 3.35. The maximum atomic E-state index is 12.8. The van der Waals surface area contributed by atoms with Gasteiger partial charge in [-0.15, -0.1) is 0 Å². The lowest BCUT2D eigenvalue weighted by Gasteiger charge is -2.23. The Morgan fingerprint density at radius 1 is 1.14 bits per heavy atom. The van der Waals surface area contributed by atoms with E-state index in [4.69, 9.17) is 17.3 Å². The molecule has 28 heavy (non-hydrogen) atoms. The van der Waals surface area contributed by atoms with Gasteiger partial charge in [-0.3, -0.25) is 9.69 Å². The zero-order chi connectivity index (χ0) is 20.1. The molecule has 4 rings (SSSR count). The summed E-state index contributed by atoms with van der Waals surface area (Å²) in [6.45, 7) is -1.42. The Bertz CT molecular complexity index is 969. The van der Waals surface area contributed by atoms with E-state index in [-0.39, 0.29) is 5.96 Å². The topological polar surface area (TPSA) is 58.7 Å². The molecule has 4 nitrogen and oxygen atoms in total. The van der Waals surface area contributed by atoms with Crippen molar-refractivity contribution >= 4 is 23.5 Å². The molecule has 0 saturated heterocycles. The SMILES string of the molecule is NC1=NC(C2(c3cccc(-c4cccc(Cl)c4)c3)CC2)C(=O)N1CC(F)(F)F. The van der Waals surface area contributed by atoms with Gasteiger partial charge < -0.3 is 5.73 Å². The van der Waals surface area contributed by atoms with Crippen molar-refractivity contribution < 1.29 is 18.0 Å². The molecular formula is C20H17ClF3N3O. The summed E-state index contributed by atoms with van der Waals surface area (Å²) in [7, 11) is 0. The van der Waals surface area contributed by atoms with E-state index in [1.54, 1.807) is 6.07 Å². The summed E-state index contributed by atoms with van der Waals surface area (Å²) in [6.07, 6.45) is -3.20. The molecule has 0 bridgehead atoms. The summed E-state index contributed by atoms with van der Waals surface area (Å²) in [5.74, 6) is -1.06. The lowest BCUT2D eigenvalue weighted by Crippen LogP contribution is -2.46. The summed E-state index contributed by atoms with van der Waals surface area (Å²) in [5, 5.41) is 0.607. The molecule has 1 atom stereocenters. The molecule has 2 aliphatic rings. The van der Waals surface area contributed by atoms with Crippen LogP contribution in [-0.4, -0.2) is 35.5 Å². The van der Waals surface area contributed by atoms with Crippen LogP contribution in [0.4, 0.5) is 13.2 Å². The number of carbonyl (C=O) groups excluding carboxylic acids is 1. The molecule has 0 radical (unpaired) electrons. The van der Waals surface area contributed by atoms with Crippen LogP contribution in [0.5, 0.6) is 0 Å². The molecular weight excluding hydrogens is 391 g/mol. The predicted octanol–water partition coefficient (Wildman–Crippen LogP) is 4.13. The second-order valence-corrected chi connectivity index (χ2v) is 7.61. The normalized spacial score (nSPS) is 21.0. The molecule has 2 aromatic carbocycles. The van der Waals surface area contributed by atoms with Crippen LogP contribution < -0.4 is 5.73 Å². The van der Waals surface area contributed by atoms with Crippen LogP contribution in [-0.2, 0) is 10.2 Å². The number of amides is 1. The molecule has 1 aliphatic heterocycles. The highest BCUT2D eigenvalue weighted by Gasteiger charge is 2.58. The van der Waals surface area contributed by atoms with Crippen molar-refractivity contribution in [2.75, 3.05) is 6.54 Å². The molecule has 1 unspecified atom stereocenters. The first-order valence-corrected chi connectivity index (χ1v) is 9.15. The number of alkyl halides is 3. The van der Waals surface area contributed by atoms with Crippen molar-refractivity contribution in [3.05, 3.63) is 59.1 Å². The summed E-state index contributed by atoms with van der Waals surface area (Å²) in [6, 6.07) is 14.1. The van der Waals surface area contributed by atoms with Gasteiger partial charge in [0.2, 0.25) is 0 Å². The third-order valence-corrected chi connectivity index (χ3v) is 5.52. The molecule has 8 heteroatoms. The number of aliphatic imine (C=N–C) groups is 1. The fraction of sp³-hybridized carbons (Fsp3) is 0.300. The largest absolute Gasteiger partial charge is 0.406 e. The van der Waals surface area contributed by atoms with Crippen molar-refractivity contribution in [1.82, 2.24) is 4.90 Å². The van der Waals surface area contributed by atoms with Gasteiger partial charge in [-0.1, -0.05) is 48.0 Å². The summed E-state index contributed by atoms with van der Waals surface area (Å²) in [5.41, 5.74) is 7.74. The standard InChI is InChI=1S/C20H17ClF3N3O/c21-15-6-2-4-13(10-15)12-3-1-5-14(9-12)19(7-8-19)16-17(28)27(18(25)26-16)11-20(22,23)24/h1-6,9-10,16H,7-8,11H2,(H2,25,26). The highest BCUT2D eigenvalue weighted by Crippen LogP contribution is 2.54. The van der Waals surface area contributed by atoms with Crippen molar-refractivity contribution in [2.24, 2.45) is 10.7 Å². The van der Waals surface area contributed by atoms with Crippen LogP contribution in [0.15, 0.2) is 53.5 Å². The van der Waals surface area contributed by atoms with E-state index in [0.717, 1.165) is 16.7 Å². The monoisotopic (exact) mass is 407 g/mol. The van der Waals surface area contributed by atoms with Gasteiger partial charge in [0.1, 0.15) is 12.6 Å². The highest BCUT2D eigenvalue weighted by molar-refractivity contribution is 6.30. The second-order valence-electron chi connectivity index (χ2n) is 7.18. The molecule has 0 spiro atoms. The molecule has 1 saturated carbocycles. The van der Waals surface area contributed by atoms with E-state index in [1.165, 1.54) is 0 Å². The quantitative estimate of drug-likeness (QED) is 0.828. The number of benzene rings is 2. The lowest BCUT2D eigenvalue weighted by molar-refractivity contribution is -0.152. The third-order valence-electron chi connectivity index (χ3n) is 5.28. The molecule has 1 aliphatic carbocycles. The fourth-order valence-corrected chi connectivity index (χ4v) is 3.94. The van der Waals surface area contributed by atoms with Crippen LogP contribution in [0, 0.1) is 0 Å². The lowest BCUT2D eigenvalue weighted by atomic mass is 9.86. The zero-order valence-corrected chi connectivity index (χ0v) is 15.5. The first-order chi connectivity index (χ1) is 13.2. The van der Waals surface area contributed by atoms with E-state index in [0.29, 0.717) is 22.8 Å². The minimum Gasteiger partial charge on any atom is -0.369 e. The minimum atomic E-state index is -4.53. The number of hydrogen-bond acceptors (Lipinski definition) is 3. The number of guanidine groups is 1. The maximum absolute atomic E-state index is 12.8.